The van der Waals surface area contributed by atoms with E-state index in [-0.39, 0.29) is 30.4 Å². The van der Waals surface area contributed by atoms with Crippen LogP contribution < -0.4 is 5.32 Å². The molecule has 2 aromatic rings. The van der Waals surface area contributed by atoms with Gasteiger partial charge in [0.05, 0.1) is 6.04 Å². The molecule has 5 nitrogen and oxygen atoms in total. The molecule has 0 saturated carbocycles. The Kier molecular flexibility index (Phi) is 6.86. The van der Waals surface area contributed by atoms with Gasteiger partial charge in [-0.25, -0.2) is 9.18 Å². The van der Waals surface area contributed by atoms with Crippen LogP contribution in [0.15, 0.2) is 48.5 Å². The first-order valence-electron chi connectivity index (χ1n) is 10.0. The largest absolute Gasteiger partial charge is 0.445 e. The van der Waals surface area contributed by atoms with E-state index in [4.69, 9.17) is 4.74 Å². The van der Waals surface area contributed by atoms with E-state index < -0.39 is 6.09 Å². The van der Waals surface area contributed by atoms with E-state index in [1.807, 2.05) is 44.2 Å². The third kappa shape index (κ3) is 5.34. The Bertz CT molecular complexity index is 856. The number of aryl methyl sites for hydroxylation is 1. The fourth-order valence-corrected chi connectivity index (χ4v) is 3.75. The smallest absolute Gasteiger partial charge is 0.410 e. The zero-order valence-electron chi connectivity index (χ0n) is 16.9. The minimum atomic E-state index is -0.400. The van der Waals surface area contributed by atoms with Crippen molar-refractivity contribution >= 4 is 12.0 Å². The number of benzene rings is 2. The molecule has 0 unspecified atom stereocenters. The van der Waals surface area contributed by atoms with Gasteiger partial charge in [-0.05, 0) is 48.6 Å². The lowest BCUT2D eigenvalue weighted by molar-refractivity contribution is -0.121. The Morgan fingerprint density at radius 3 is 2.66 bits per heavy atom. The number of nitrogens with zero attached hydrogens (tertiary/aromatic N) is 1. The summed E-state index contributed by atoms with van der Waals surface area (Å²) in [6.07, 6.45) is 1.24. The van der Waals surface area contributed by atoms with Crippen LogP contribution in [0.2, 0.25) is 0 Å². The van der Waals surface area contributed by atoms with E-state index >= 15 is 0 Å². The van der Waals surface area contributed by atoms with Crippen molar-refractivity contribution in [1.82, 2.24) is 10.2 Å². The van der Waals surface area contributed by atoms with Crippen LogP contribution >= 0.6 is 0 Å². The minimum Gasteiger partial charge on any atom is -0.445 e. The predicted molar refractivity (Wildman–Crippen MR) is 109 cm³/mol. The summed E-state index contributed by atoms with van der Waals surface area (Å²) in [4.78, 5) is 26.4. The number of likely N-dealkylation sites (tertiary alicyclic amines) is 1. The van der Waals surface area contributed by atoms with Crippen molar-refractivity contribution in [2.24, 2.45) is 0 Å². The molecule has 1 fully saturated rings. The Labute approximate surface area is 170 Å². The molecule has 0 aromatic heterocycles. The van der Waals surface area contributed by atoms with Crippen molar-refractivity contribution in [3.8, 4) is 0 Å². The van der Waals surface area contributed by atoms with Crippen LogP contribution in [0.3, 0.4) is 0 Å². The van der Waals surface area contributed by atoms with E-state index in [0.717, 1.165) is 16.7 Å². The van der Waals surface area contributed by atoms with Crippen molar-refractivity contribution in [1.29, 1.82) is 0 Å². The van der Waals surface area contributed by atoms with Gasteiger partial charge in [0.2, 0.25) is 5.91 Å². The van der Waals surface area contributed by atoms with Crippen LogP contribution in [0.4, 0.5) is 9.18 Å². The molecule has 3 rings (SSSR count). The Morgan fingerprint density at radius 2 is 1.97 bits per heavy atom. The molecular formula is C23H27FN2O3. The van der Waals surface area contributed by atoms with Gasteiger partial charge >= 0.3 is 6.09 Å². The fourth-order valence-electron chi connectivity index (χ4n) is 3.75. The summed E-state index contributed by atoms with van der Waals surface area (Å²) >= 11 is 0. The highest BCUT2D eigenvalue weighted by atomic mass is 19.1. The van der Waals surface area contributed by atoms with Crippen molar-refractivity contribution in [3.05, 3.63) is 71.0 Å². The van der Waals surface area contributed by atoms with Crippen LogP contribution in [-0.4, -0.2) is 29.5 Å². The summed E-state index contributed by atoms with van der Waals surface area (Å²) in [5, 5.41) is 3.02. The predicted octanol–water partition coefficient (Wildman–Crippen LogP) is 4.50. The molecule has 2 atom stereocenters. The van der Waals surface area contributed by atoms with Gasteiger partial charge in [-0.1, -0.05) is 43.3 Å². The van der Waals surface area contributed by atoms with Gasteiger partial charge in [0.15, 0.2) is 0 Å². The number of carbonyl (C=O) groups excluding carboxylic acids is 2. The highest BCUT2D eigenvalue weighted by molar-refractivity contribution is 5.76. The first kappa shape index (κ1) is 20.8. The zero-order valence-corrected chi connectivity index (χ0v) is 16.9. The molecule has 29 heavy (non-hydrogen) atoms. The number of carbonyl (C=O) groups is 2. The van der Waals surface area contributed by atoms with E-state index in [1.165, 1.54) is 12.1 Å². The number of ether oxygens (including phenoxy) is 1. The van der Waals surface area contributed by atoms with Crippen LogP contribution in [0, 0.1) is 12.7 Å². The Morgan fingerprint density at radius 1 is 1.21 bits per heavy atom. The lowest BCUT2D eigenvalue weighted by atomic mass is 9.89. The third-order valence-corrected chi connectivity index (χ3v) is 5.32. The Balaban J connectivity index is 1.78. The molecule has 0 bridgehead atoms. The van der Waals surface area contributed by atoms with Crippen LogP contribution in [0.1, 0.15) is 48.9 Å². The second-order valence-electron chi connectivity index (χ2n) is 7.39. The average Bonchev–Trinajstić information content (AvgIpc) is 2.72. The van der Waals surface area contributed by atoms with Gasteiger partial charge in [0.1, 0.15) is 12.4 Å². The quantitative estimate of drug-likeness (QED) is 0.807. The van der Waals surface area contributed by atoms with Gasteiger partial charge in [0, 0.05) is 19.0 Å². The molecule has 0 radical (unpaired) electrons. The number of hydrogen-bond donors (Lipinski definition) is 1. The molecule has 1 saturated heterocycles. The van der Waals surface area contributed by atoms with Gasteiger partial charge in [-0.2, -0.15) is 0 Å². The number of amides is 2. The summed E-state index contributed by atoms with van der Waals surface area (Å²) in [5.41, 5.74) is 2.57. The molecule has 2 aromatic carbocycles. The monoisotopic (exact) mass is 398 g/mol. The SMILES string of the molecule is CCC(=O)N[C@H]1CCN(C(=O)OCc2ccccc2)[C@@H](c2ccc(F)cc2C)C1. The molecule has 0 spiro atoms. The lowest BCUT2D eigenvalue weighted by Gasteiger charge is -2.39. The number of hydrogen-bond acceptors (Lipinski definition) is 3. The van der Waals surface area contributed by atoms with E-state index in [2.05, 4.69) is 5.32 Å². The number of halogens is 1. The van der Waals surface area contributed by atoms with E-state index in [0.29, 0.717) is 25.8 Å². The molecule has 2 amide bonds. The standard InChI is InChI=1S/C23H27FN2O3/c1-3-22(27)25-19-11-12-26(23(28)29-15-17-7-5-4-6-8-17)21(14-19)20-10-9-18(24)13-16(20)2/h4-10,13,19,21H,3,11-12,14-15H2,1-2H3,(H,25,27)/t19-,21+/m0/s1. The molecule has 1 aliphatic heterocycles. The number of rotatable bonds is 5. The summed E-state index contributed by atoms with van der Waals surface area (Å²) in [5.74, 6) is -0.319. The van der Waals surface area contributed by atoms with Gasteiger partial charge in [-0.15, -0.1) is 0 Å². The summed E-state index contributed by atoms with van der Waals surface area (Å²) in [7, 11) is 0. The second-order valence-corrected chi connectivity index (χ2v) is 7.39. The first-order valence-corrected chi connectivity index (χ1v) is 10.0. The van der Waals surface area contributed by atoms with Crippen molar-refractivity contribution in [2.75, 3.05) is 6.54 Å². The molecule has 154 valence electrons. The first-order chi connectivity index (χ1) is 14.0. The van der Waals surface area contributed by atoms with Crippen molar-refractivity contribution in [2.45, 2.75) is 51.8 Å². The Hall–Kier alpha value is -2.89. The van der Waals surface area contributed by atoms with Crippen molar-refractivity contribution < 1.29 is 18.7 Å². The maximum Gasteiger partial charge on any atom is 0.410 e. The summed E-state index contributed by atoms with van der Waals surface area (Å²) in [6, 6.07) is 13.8. The van der Waals surface area contributed by atoms with Crippen molar-refractivity contribution in [3.63, 3.8) is 0 Å². The number of piperidine rings is 1. The normalized spacial score (nSPS) is 18.9. The van der Waals surface area contributed by atoms with Crippen LogP contribution in [0.25, 0.3) is 0 Å². The second kappa shape index (κ2) is 9.54. The van der Waals surface area contributed by atoms with E-state index in [9.17, 15) is 14.0 Å². The highest BCUT2D eigenvalue weighted by Gasteiger charge is 2.35. The van der Waals surface area contributed by atoms with Crippen LogP contribution in [0.5, 0.6) is 0 Å². The fraction of sp³-hybridized carbons (Fsp3) is 0.391. The third-order valence-electron chi connectivity index (χ3n) is 5.32. The lowest BCUT2D eigenvalue weighted by Crippen LogP contribution is -2.48. The maximum absolute atomic E-state index is 13.6. The van der Waals surface area contributed by atoms with E-state index in [1.54, 1.807) is 11.0 Å². The van der Waals surface area contributed by atoms with Crippen LogP contribution in [-0.2, 0) is 16.1 Å². The van der Waals surface area contributed by atoms with Gasteiger partial charge in [0.25, 0.3) is 0 Å². The molecular weight excluding hydrogens is 371 g/mol. The van der Waals surface area contributed by atoms with Gasteiger partial charge < -0.3 is 15.0 Å². The average molecular weight is 398 g/mol. The minimum absolute atomic E-state index is 0.00955. The molecule has 0 aliphatic carbocycles. The molecule has 1 aliphatic rings. The summed E-state index contributed by atoms with van der Waals surface area (Å²) < 4.78 is 19.2. The zero-order chi connectivity index (χ0) is 20.8. The highest BCUT2D eigenvalue weighted by Crippen LogP contribution is 2.34. The topological polar surface area (TPSA) is 58.6 Å². The number of nitrogens with one attached hydrogen (secondary N) is 1. The molecule has 1 heterocycles. The summed E-state index contributed by atoms with van der Waals surface area (Å²) in [6.45, 7) is 4.30. The molecule has 6 heteroatoms. The maximum atomic E-state index is 13.6. The molecule has 1 N–H and O–H groups in total. The van der Waals surface area contributed by atoms with Gasteiger partial charge in [-0.3, -0.25) is 4.79 Å².